The third-order valence-electron chi connectivity index (χ3n) is 4.31. The lowest BCUT2D eigenvalue weighted by molar-refractivity contribution is -0.105. The van der Waals surface area contributed by atoms with E-state index < -0.39 is 0 Å². The van der Waals surface area contributed by atoms with Crippen molar-refractivity contribution in [1.82, 2.24) is 24.6 Å². The van der Waals surface area contributed by atoms with E-state index >= 15 is 0 Å². The Labute approximate surface area is 154 Å². The Balaban J connectivity index is 0.000000547. The molecular weight excluding hydrogens is 347 g/mol. The third-order valence-corrected chi connectivity index (χ3v) is 4.31. The molecule has 0 unspecified atom stereocenters. The second-order valence-corrected chi connectivity index (χ2v) is 6.38. The van der Waals surface area contributed by atoms with Crippen molar-refractivity contribution in [3.8, 4) is 11.3 Å². The maximum atomic E-state index is 14.4. The molecule has 0 saturated heterocycles. The van der Waals surface area contributed by atoms with Gasteiger partial charge in [-0.15, -0.1) is 0 Å². The fourth-order valence-electron chi connectivity index (χ4n) is 2.90. The van der Waals surface area contributed by atoms with Crippen LogP contribution in [0.15, 0.2) is 30.9 Å². The van der Waals surface area contributed by atoms with Crippen molar-refractivity contribution in [3.05, 3.63) is 42.2 Å². The average molecular weight is 366 g/mol. The first-order valence-electron chi connectivity index (χ1n) is 8.91. The van der Waals surface area contributed by atoms with E-state index in [1.807, 2.05) is 6.92 Å². The average Bonchev–Trinajstić information content (AvgIpc) is 3.39. The van der Waals surface area contributed by atoms with Crippen molar-refractivity contribution in [3.63, 3.8) is 0 Å². The number of carbonyl (C=O) groups excluding carboxylic acids is 1. The second kappa shape index (κ2) is 7.14. The Bertz CT molecular complexity index is 1110. The summed E-state index contributed by atoms with van der Waals surface area (Å²) in [7, 11) is 0. The molecule has 1 aliphatic carbocycles. The zero-order valence-electron chi connectivity index (χ0n) is 14.9. The molecule has 27 heavy (non-hydrogen) atoms. The normalized spacial score (nSPS) is 12.7. The van der Waals surface area contributed by atoms with Gasteiger partial charge in [-0.05, 0) is 18.1 Å². The number of imidazole rings is 1. The third kappa shape index (κ3) is 3.38. The van der Waals surface area contributed by atoms with Crippen molar-refractivity contribution in [2.75, 3.05) is 5.32 Å². The molecule has 0 atom stereocenters. The topological polar surface area (TPSA) is 88.0 Å². The first-order valence-corrected chi connectivity index (χ1v) is 8.91. The molecule has 138 valence electrons. The van der Waals surface area contributed by atoms with Gasteiger partial charge in [0.2, 0.25) is 6.41 Å². The van der Waals surface area contributed by atoms with Crippen LogP contribution >= 0.6 is 0 Å². The molecule has 5 rings (SSSR count). The molecule has 0 spiro atoms. The molecule has 4 aromatic rings. The first kappa shape index (κ1) is 17.1. The summed E-state index contributed by atoms with van der Waals surface area (Å²) in [6.45, 7) is 1.90. The number of aromatic amines is 1. The summed E-state index contributed by atoms with van der Waals surface area (Å²) in [5.74, 6) is 0.132. The minimum atomic E-state index is -0.292. The van der Waals surface area contributed by atoms with E-state index in [1.54, 1.807) is 29.2 Å². The summed E-state index contributed by atoms with van der Waals surface area (Å²) in [5, 5.41) is 10.1. The number of hydrogen-bond acceptors (Lipinski definition) is 4. The van der Waals surface area contributed by atoms with Crippen LogP contribution in [-0.2, 0) is 11.2 Å². The Morgan fingerprint density at radius 3 is 2.81 bits per heavy atom. The van der Waals surface area contributed by atoms with Gasteiger partial charge in [0.15, 0.2) is 11.5 Å². The van der Waals surface area contributed by atoms with Gasteiger partial charge in [-0.3, -0.25) is 14.9 Å². The predicted molar refractivity (Wildman–Crippen MR) is 101 cm³/mol. The summed E-state index contributed by atoms with van der Waals surface area (Å²) in [6.07, 6.45) is 12.3. The van der Waals surface area contributed by atoms with Crippen LogP contribution in [0.25, 0.3) is 27.8 Å². The number of amides is 1. The molecule has 1 amide bonds. The van der Waals surface area contributed by atoms with E-state index in [-0.39, 0.29) is 5.82 Å². The molecule has 0 bridgehead atoms. The minimum absolute atomic E-state index is 0.292. The Hall–Kier alpha value is -3.29. The molecule has 8 heteroatoms. The van der Waals surface area contributed by atoms with Gasteiger partial charge >= 0.3 is 0 Å². The van der Waals surface area contributed by atoms with Gasteiger partial charge in [-0.1, -0.05) is 26.2 Å². The SMILES string of the molecule is C1CC1.CCc1c(F)cc2[nH]ncc2c1-c1cn2cc(NC=O)nc2cn1. The number of fused-ring (bicyclic) bond motifs is 2. The summed E-state index contributed by atoms with van der Waals surface area (Å²) in [6, 6.07) is 1.45. The number of aromatic nitrogens is 5. The summed E-state index contributed by atoms with van der Waals surface area (Å²) >= 11 is 0. The Kier molecular flexibility index (Phi) is 4.53. The number of nitrogens with one attached hydrogen (secondary N) is 2. The molecule has 7 nitrogen and oxygen atoms in total. The van der Waals surface area contributed by atoms with Crippen LogP contribution in [0.3, 0.4) is 0 Å². The van der Waals surface area contributed by atoms with Gasteiger partial charge in [0.25, 0.3) is 0 Å². The number of nitrogens with zero attached hydrogens (tertiary/aromatic N) is 4. The van der Waals surface area contributed by atoms with E-state index in [0.29, 0.717) is 46.6 Å². The Morgan fingerprint density at radius 1 is 1.30 bits per heavy atom. The van der Waals surface area contributed by atoms with Crippen molar-refractivity contribution in [1.29, 1.82) is 0 Å². The highest BCUT2D eigenvalue weighted by Gasteiger charge is 2.17. The smallest absolute Gasteiger partial charge is 0.212 e. The second-order valence-electron chi connectivity index (χ2n) is 6.38. The van der Waals surface area contributed by atoms with Gasteiger partial charge in [0.05, 0.1) is 29.8 Å². The summed E-state index contributed by atoms with van der Waals surface area (Å²) in [4.78, 5) is 19.2. The zero-order valence-corrected chi connectivity index (χ0v) is 14.9. The maximum Gasteiger partial charge on any atom is 0.212 e. The lowest BCUT2D eigenvalue weighted by Crippen LogP contribution is -1.97. The maximum absolute atomic E-state index is 14.4. The van der Waals surface area contributed by atoms with E-state index in [0.717, 1.165) is 5.39 Å². The number of H-pyrrole nitrogens is 1. The number of rotatable bonds is 4. The molecule has 2 N–H and O–H groups in total. The molecule has 3 heterocycles. The van der Waals surface area contributed by atoms with E-state index in [4.69, 9.17) is 0 Å². The van der Waals surface area contributed by atoms with E-state index in [1.165, 1.54) is 25.3 Å². The van der Waals surface area contributed by atoms with E-state index in [2.05, 4.69) is 25.5 Å². The molecule has 1 aromatic carbocycles. The van der Waals surface area contributed by atoms with Gasteiger partial charge in [0, 0.05) is 17.1 Å². The highest BCUT2D eigenvalue weighted by Crippen LogP contribution is 2.32. The van der Waals surface area contributed by atoms with Crippen molar-refractivity contribution in [2.24, 2.45) is 0 Å². The molecule has 0 radical (unpaired) electrons. The van der Waals surface area contributed by atoms with Crippen LogP contribution in [-0.4, -0.2) is 31.0 Å². The van der Waals surface area contributed by atoms with Crippen LogP contribution in [0, 0.1) is 5.82 Å². The first-order chi connectivity index (χ1) is 13.2. The highest BCUT2D eigenvalue weighted by atomic mass is 19.1. The van der Waals surface area contributed by atoms with Crippen LogP contribution in [0.1, 0.15) is 31.7 Å². The van der Waals surface area contributed by atoms with Gasteiger partial charge in [-0.2, -0.15) is 5.10 Å². The molecule has 3 aromatic heterocycles. The number of hydrogen-bond donors (Lipinski definition) is 2. The number of halogens is 1. The predicted octanol–water partition coefficient (Wildman–Crippen LogP) is 3.71. The minimum Gasteiger partial charge on any atom is -0.312 e. The lowest BCUT2D eigenvalue weighted by Gasteiger charge is -2.10. The van der Waals surface area contributed by atoms with E-state index in [9.17, 15) is 9.18 Å². The standard InChI is InChI=1S/C16H13FN6O.C3H6/c1-2-9-11(17)3-12-10(4-20-22-12)16(9)13-6-23-7-14(19-8-24)21-15(23)5-18-13;1-2-3-1/h3-8H,2H2,1H3,(H,19,24)(H,20,22);1-3H2. The quantitative estimate of drug-likeness (QED) is 0.539. The molecular formula is C19H19FN6O. The largest absolute Gasteiger partial charge is 0.312 e. The van der Waals surface area contributed by atoms with Crippen LogP contribution < -0.4 is 5.32 Å². The highest BCUT2D eigenvalue weighted by molar-refractivity contribution is 5.95. The number of anilines is 1. The van der Waals surface area contributed by atoms with Crippen LogP contribution in [0.5, 0.6) is 0 Å². The summed E-state index contributed by atoms with van der Waals surface area (Å²) in [5.41, 5.74) is 3.11. The number of benzene rings is 1. The number of carbonyl (C=O) groups is 1. The monoisotopic (exact) mass is 366 g/mol. The fraction of sp³-hybridized carbons (Fsp3) is 0.263. The van der Waals surface area contributed by atoms with Crippen LogP contribution in [0.2, 0.25) is 0 Å². The van der Waals surface area contributed by atoms with Crippen molar-refractivity contribution in [2.45, 2.75) is 32.6 Å². The van der Waals surface area contributed by atoms with Gasteiger partial charge < -0.3 is 9.72 Å². The zero-order chi connectivity index (χ0) is 18.8. The van der Waals surface area contributed by atoms with Crippen molar-refractivity contribution < 1.29 is 9.18 Å². The molecule has 1 aliphatic rings. The van der Waals surface area contributed by atoms with Crippen molar-refractivity contribution >= 4 is 28.8 Å². The fourth-order valence-corrected chi connectivity index (χ4v) is 2.90. The van der Waals surface area contributed by atoms with Crippen LogP contribution in [0.4, 0.5) is 10.2 Å². The summed E-state index contributed by atoms with van der Waals surface area (Å²) < 4.78 is 16.2. The van der Waals surface area contributed by atoms with Gasteiger partial charge in [-0.25, -0.2) is 9.37 Å². The molecule has 1 fully saturated rings. The molecule has 0 aliphatic heterocycles. The Morgan fingerprint density at radius 2 is 2.11 bits per heavy atom. The lowest BCUT2D eigenvalue weighted by atomic mass is 9.98. The molecule has 1 saturated carbocycles. The van der Waals surface area contributed by atoms with Gasteiger partial charge in [0.1, 0.15) is 5.82 Å².